The van der Waals surface area contributed by atoms with E-state index in [9.17, 15) is 8.78 Å². The molecular weight excluding hydrogens is 332 g/mol. The predicted molar refractivity (Wildman–Crippen MR) is 67.4 cm³/mol. The summed E-state index contributed by atoms with van der Waals surface area (Å²) in [5, 5.41) is 1.15. The Hall–Kier alpha value is -0.650. The first-order valence-corrected chi connectivity index (χ1v) is 6.49. The average Bonchev–Trinajstić information content (AvgIpc) is 2.27. The molecule has 0 aliphatic rings. The minimum Gasteiger partial charge on any atom is -0.247 e. The van der Waals surface area contributed by atoms with Gasteiger partial charge in [-0.2, -0.15) is 0 Å². The fourth-order valence-electron chi connectivity index (χ4n) is 1.13. The Morgan fingerprint density at radius 2 is 1.94 bits per heavy atom. The summed E-state index contributed by atoms with van der Waals surface area (Å²) in [6.45, 7) is 0. The van der Waals surface area contributed by atoms with E-state index < -0.39 is 11.6 Å². The smallest absolute Gasteiger partial charge is 0.159 e. The maximum absolute atomic E-state index is 13.0. The summed E-state index contributed by atoms with van der Waals surface area (Å²) in [5.41, 5.74) is 0. The molecule has 6 heteroatoms. The van der Waals surface area contributed by atoms with Gasteiger partial charge in [0.05, 0.1) is 9.50 Å². The highest BCUT2D eigenvalue weighted by molar-refractivity contribution is 9.10. The summed E-state index contributed by atoms with van der Waals surface area (Å²) in [4.78, 5) is 4.66. The summed E-state index contributed by atoms with van der Waals surface area (Å²) >= 11 is 10.3. The van der Waals surface area contributed by atoms with E-state index in [1.54, 1.807) is 6.07 Å². The van der Waals surface area contributed by atoms with Gasteiger partial charge in [-0.3, -0.25) is 0 Å². The number of rotatable bonds is 2. The fourth-order valence-corrected chi connectivity index (χ4v) is 2.79. The molecule has 17 heavy (non-hydrogen) atoms. The second-order valence-corrected chi connectivity index (χ2v) is 5.47. The zero-order chi connectivity index (χ0) is 12.4. The van der Waals surface area contributed by atoms with Crippen molar-refractivity contribution in [3.05, 3.63) is 51.6 Å². The van der Waals surface area contributed by atoms with Crippen LogP contribution in [0.4, 0.5) is 8.78 Å². The second-order valence-electron chi connectivity index (χ2n) is 3.12. The minimum atomic E-state index is -0.875. The minimum absolute atomic E-state index is 0.506. The van der Waals surface area contributed by atoms with Crippen LogP contribution in [0.15, 0.2) is 44.9 Å². The molecule has 0 aliphatic carbocycles. The van der Waals surface area contributed by atoms with Crippen molar-refractivity contribution in [2.45, 2.75) is 9.92 Å². The summed E-state index contributed by atoms with van der Waals surface area (Å²) in [6.07, 6.45) is 1.49. The Kier molecular flexibility index (Phi) is 4.01. The van der Waals surface area contributed by atoms with Gasteiger partial charge in [0.1, 0.15) is 5.03 Å². The highest BCUT2D eigenvalue weighted by Gasteiger charge is 2.07. The number of aromatic nitrogens is 1. The summed E-state index contributed by atoms with van der Waals surface area (Å²) in [7, 11) is 0. The van der Waals surface area contributed by atoms with E-state index in [4.69, 9.17) is 11.6 Å². The van der Waals surface area contributed by atoms with E-state index in [0.29, 0.717) is 19.4 Å². The monoisotopic (exact) mass is 335 g/mol. The van der Waals surface area contributed by atoms with Crippen molar-refractivity contribution in [3.63, 3.8) is 0 Å². The number of halogens is 4. The molecule has 88 valence electrons. The predicted octanol–water partition coefficient (Wildman–Crippen LogP) is 4.93. The van der Waals surface area contributed by atoms with Gasteiger partial charge in [0.25, 0.3) is 0 Å². The van der Waals surface area contributed by atoms with E-state index in [0.717, 1.165) is 12.1 Å². The summed E-state index contributed by atoms with van der Waals surface area (Å²) in [6, 6.07) is 5.40. The van der Waals surface area contributed by atoms with Crippen LogP contribution < -0.4 is 0 Å². The largest absolute Gasteiger partial charge is 0.247 e. The molecule has 0 saturated heterocycles. The first-order valence-electron chi connectivity index (χ1n) is 4.50. The maximum atomic E-state index is 13.0. The van der Waals surface area contributed by atoms with E-state index in [1.165, 1.54) is 24.0 Å². The number of hydrogen-bond donors (Lipinski definition) is 0. The summed E-state index contributed by atoms with van der Waals surface area (Å²) < 4.78 is 26.5. The van der Waals surface area contributed by atoms with Gasteiger partial charge >= 0.3 is 0 Å². The van der Waals surface area contributed by atoms with Crippen molar-refractivity contribution in [2.24, 2.45) is 0 Å². The molecule has 0 N–H and O–H groups in total. The highest BCUT2D eigenvalue weighted by atomic mass is 79.9. The molecule has 0 spiro atoms. The number of nitrogens with zero attached hydrogens (tertiary/aromatic N) is 1. The van der Waals surface area contributed by atoms with Crippen molar-refractivity contribution in [2.75, 3.05) is 0 Å². The van der Waals surface area contributed by atoms with E-state index >= 15 is 0 Å². The molecule has 1 aromatic heterocycles. The van der Waals surface area contributed by atoms with Crippen LogP contribution in [-0.4, -0.2) is 4.98 Å². The molecule has 0 aliphatic heterocycles. The van der Waals surface area contributed by atoms with Gasteiger partial charge in [-0.05, 0) is 40.2 Å². The number of hydrogen-bond acceptors (Lipinski definition) is 2. The van der Waals surface area contributed by atoms with Gasteiger partial charge in [0, 0.05) is 11.1 Å². The zero-order valence-corrected chi connectivity index (χ0v) is 11.4. The molecule has 0 unspecified atom stereocenters. The van der Waals surface area contributed by atoms with Gasteiger partial charge < -0.3 is 0 Å². The molecule has 1 aromatic carbocycles. The quantitative estimate of drug-likeness (QED) is 0.771. The first-order chi connectivity index (χ1) is 8.06. The molecule has 0 fully saturated rings. The molecule has 0 amide bonds. The number of benzene rings is 1. The number of pyridine rings is 1. The SMILES string of the molecule is Fc1ccc(Sc2ncc(Cl)cc2Br)cc1F. The van der Waals surface area contributed by atoms with Crippen molar-refractivity contribution < 1.29 is 8.78 Å². The Labute approximate surface area is 114 Å². The lowest BCUT2D eigenvalue weighted by molar-refractivity contribution is 0.506. The van der Waals surface area contributed by atoms with Gasteiger partial charge in [-0.1, -0.05) is 23.4 Å². The van der Waals surface area contributed by atoms with Crippen LogP contribution in [-0.2, 0) is 0 Å². The van der Waals surface area contributed by atoms with E-state index in [-0.39, 0.29) is 0 Å². The molecule has 2 rings (SSSR count). The van der Waals surface area contributed by atoms with Gasteiger partial charge in [-0.15, -0.1) is 0 Å². The fraction of sp³-hybridized carbons (Fsp3) is 0. The van der Waals surface area contributed by atoms with Gasteiger partial charge in [0.2, 0.25) is 0 Å². The average molecular weight is 337 g/mol. The molecule has 0 bridgehead atoms. The Morgan fingerprint density at radius 1 is 1.18 bits per heavy atom. The third-order valence-electron chi connectivity index (χ3n) is 1.88. The lowest BCUT2D eigenvalue weighted by atomic mass is 10.3. The standard InChI is InChI=1S/C11H5BrClF2NS/c12-8-3-6(13)5-16-11(8)17-7-1-2-9(14)10(15)4-7/h1-5H. The van der Waals surface area contributed by atoms with Gasteiger partial charge in [-0.25, -0.2) is 13.8 Å². The van der Waals surface area contributed by atoms with Crippen molar-refractivity contribution in [3.8, 4) is 0 Å². The van der Waals surface area contributed by atoms with Crippen LogP contribution in [0.3, 0.4) is 0 Å². The Bertz CT molecular complexity index is 565. The van der Waals surface area contributed by atoms with E-state index in [2.05, 4.69) is 20.9 Å². The molecule has 2 aromatic rings. The van der Waals surface area contributed by atoms with E-state index in [1.807, 2.05) is 0 Å². The van der Waals surface area contributed by atoms with Crippen LogP contribution in [0.25, 0.3) is 0 Å². The lowest BCUT2D eigenvalue weighted by Crippen LogP contribution is -1.85. The van der Waals surface area contributed by atoms with Crippen molar-refractivity contribution in [1.82, 2.24) is 4.98 Å². The molecule has 0 saturated carbocycles. The lowest BCUT2D eigenvalue weighted by Gasteiger charge is -2.04. The zero-order valence-electron chi connectivity index (χ0n) is 8.25. The Balaban J connectivity index is 2.28. The highest BCUT2D eigenvalue weighted by Crippen LogP contribution is 2.33. The third kappa shape index (κ3) is 3.18. The summed E-state index contributed by atoms with van der Waals surface area (Å²) in [5.74, 6) is -1.74. The Morgan fingerprint density at radius 3 is 2.59 bits per heavy atom. The second kappa shape index (κ2) is 5.33. The van der Waals surface area contributed by atoms with Crippen LogP contribution in [0.2, 0.25) is 5.02 Å². The maximum Gasteiger partial charge on any atom is 0.159 e. The third-order valence-corrected chi connectivity index (χ3v) is 3.96. The van der Waals surface area contributed by atoms with Crippen molar-refractivity contribution >= 4 is 39.3 Å². The van der Waals surface area contributed by atoms with Crippen LogP contribution in [0.1, 0.15) is 0 Å². The van der Waals surface area contributed by atoms with Crippen LogP contribution in [0.5, 0.6) is 0 Å². The van der Waals surface area contributed by atoms with Crippen LogP contribution in [0, 0.1) is 11.6 Å². The molecule has 0 atom stereocenters. The topological polar surface area (TPSA) is 12.9 Å². The van der Waals surface area contributed by atoms with Crippen LogP contribution >= 0.6 is 39.3 Å². The molecular formula is C11H5BrClF2NS. The van der Waals surface area contributed by atoms with Gasteiger partial charge in [0.15, 0.2) is 11.6 Å². The normalized spacial score (nSPS) is 10.6. The van der Waals surface area contributed by atoms with Crippen molar-refractivity contribution in [1.29, 1.82) is 0 Å². The molecule has 0 radical (unpaired) electrons. The first kappa shape index (κ1) is 12.8. The molecule has 1 nitrogen and oxygen atoms in total. The molecule has 1 heterocycles.